The number of aliphatic hydroxyl groups is 1. The van der Waals surface area contributed by atoms with Crippen LogP contribution in [0.2, 0.25) is 0 Å². The average molecular weight is 616 g/mol. The second-order valence-electron chi connectivity index (χ2n) is 11.3. The van der Waals surface area contributed by atoms with Crippen LogP contribution in [0.25, 0.3) is 11.1 Å². The number of β-amino-alcohol motifs (C(OH)–C–C–N with tert-alkyl or cyclic N) is 1. The van der Waals surface area contributed by atoms with Crippen LogP contribution in [0.1, 0.15) is 23.2 Å². The first kappa shape index (κ1) is 30.9. The summed E-state index contributed by atoms with van der Waals surface area (Å²) in [6.07, 6.45) is 0.0287. The molecule has 1 saturated heterocycles. The van der Waals surface area contributed by atoms with Gasteiger partial charge in [-0.15, -0.1) is 0 Å². The van der Waals surface area contributed by atoms with Crippen LogP contribution in [-0.4, -0.2) is 88.8 Å². The van der Waals surface area contributed by atoms with Gasteiger partial charge in [0.05, 0.1) is 19.8 Å². The van der Waals surface area contributed by atoms with E-state index in [1.54, 1.807) is 24.1 Å². The molecule has 1 atom stereocenters. The molecule has 2 aliphatic heterocycles. The highest BCUT2D eigenvalue weighted by Crippen LogP contribution is 2.37. The first-order valence-corrected chi connectivity index (χ1v) is 15.5. The number of benzene rings is 3. The highest BCUT2D eigenvalue weighted by atomic mass is 32.2. The van der Waals surface area contributed by atoms with Gasteiger partial charge in [-0.3, -0.25) is 4.79 Å². The van der Waals surface area contributed by atoms with E-state index in [1.165, 1.54) is 6.07 Å². The lowest BCUT2D eigenvalue weighted by Gasteiger charge is -2.44. The van der Waals surface area contributed by atoms with Gasteiger partial charge in [0.2, 0.25) is 10.0 Å². The van der Waals surface area contributed by atoms with E-state index in [9.17, 15) is 27.1 Å². The molecule has 1 amide bonds. The molecule has 0 saturated carbocycles. The van der Waals surface area contributed by atoms with Crippen LogP contribution in [0.4, 0.5) is 8.78 Å². The zero-order valence-electron chi connectivity index (χ0n) is 24.1. The van der Waals surface area contributed by atoms with Gasteiger partial charge in [0, 0.05) is 49.8 Å². The number of nitrogens with zero attached hydrogens (tertiary/aromatic N) is 2. The number of carbonyl (C=O) groups is 1. The molecule has 230 valence electrons. The minimum Gasteiger partial charge on any atom is -0.497 e. The fraction of sp³-hybridized carbons (Fsp3) is 0.387. The summed E-state index contributed by atoms with van der Waals surface area (Å²) in [5, 5.41) is 10.6. The summed E-state index contributed by atoms with van der Waals surface area (Å²) >= 11 is 0. The summed E-state index contributed by atoms with van der Waals surface area (Å²) in [5.74, 6) is -1.28. The Balaban J connectivity index is 1.45. The molecule has 0 aromatic heterocycles. The molecular formula is C31H35F2N3O6S. The number of fused-ring (bicyclic) bond motifs is 1. The fourth-order valence-electron chi connectivity index (χ4n) is 5.79. The van der Waals surface area contributed by atoms with E-state index in [4.69, 9.17) is 9.47 Å². The van der Waals surface area contributed by atoms with Crippen LogP contribution in [-0.2, 0) is 10.0 Å². The first-order valence-electron chi connectivity index (χ1n) is 14.0. The molecule has 5 rings (SSSR count). The minimum atomic E-state index is -4.02. The third-order valence-corrected chi connectivity index (χ3v) is 9.49. The van der Waals surface area contributed by atoms with Gasteiger partial charge < -0.3 is 24.4 Å². The molecule has 2 heterocycles. The zero-order chi connectivity index (χ0) is 30.8. The number of halogens is 2. The Morgan fingerprint density at radius 3 is 2.44 bits per heavy atom. The van der Waals surface area contributed by atoms with Crippen LogP contribution < -0.4 is 14.2 Å². The summed E-state index contributed by atoms with van der Waals surface area (Å²) in [7, 11) is -0.615. The second-order valence-corrected chi connectivity index (χ2v) is 13.1. The quantitative estimate of drug-likeness (QED) is 0.464. The highest BCUT2D eigenvalue weighted by molar-refractivity contribution is 7.89. The van der Waals surface area contributed by atoms with Crippen molar-refractivity contribution in [1.29, 1.82) is 0 Å². The van der Waals surface area contributed by atoms with Crippen molar-refractivity contribution in [3.63, 3.8) is 0 Å². The monoisotopic (exact) mass is 615 g/mol. The Morgan fingerprint density at radius 1 is 1.05 bits per heavy atom. The van der Waals surface area contributed by atoms with E-state index in [-0.39, 0.29) is 35.9 Å². The first-order chi connectivity index (χ1) is 20.5. The molecule has 3 aromatic carbocycles. The Bertz CT molecular complexity index is 1570. The maximum Gasteiger partial charge on any atom is 0.254 e. The van der Waals surface area contributed by atoms with E-state index in [0.29, 0.717) is 38.2 Å². The number of rotatable bonds is 3. The number of likely N-dealkylation sites (tertiary alicyclic amines) is 1. The topological polar surface area (TPSA) is 108 Å². The lowest BCUT2D eigenvalue weighted by molar-refractivity contribution is 0.0159. The number of methoxy groups -OCH3 is 1. The van der Waals surface area contributed by atoms with Crippen molar-refractivity contribution < 1.29 is 36.6 Å². The molecule has 2 N–H and O–H groups in total. The standard InChI is InChI=1S/C31H35F2N3O6S/c1-35-18-26(37)17-34-43(39,40)29-7-6-22(21-4-3-5-27(14-21)41-2)15-28(29)42-20-31(19-35)8-10-36(11-9-31)30(38)23-12-24(32)16-25(33)13-23/h3-7,12-16,26,34,37H,8-11,17-20H2,1-2H3. The van der Waals surface area contributed by atoms with Gasteiger partial charge in [-0.2, -0.15) is 0 Å². The zero-order valence-corrected chi connectivity index (χ0v) is 24.9. The summed E-state index contributed by atoms with van der Waals surface area (Å²) in [6, 6.07) is 15.0. The third kappa shape index (κ3) is 7.15. The maximum absolute atomic E-state index is 13.8. The van der Waals surface area contributed by atoms with Crippen molar-refractivity contribution in [3.8, 4) is 22.6 Å². The molecular weight excluding hydrogens is 580 g/mol. The molecule has 1 fully saturated rings. The van der Waals surface area contributed by atoms with Crippen LogP contribution in [0.3, 0.4) is 0 Å². The number of sulfonamides is 1. The van der Waals surface area contributed by atoms with Crippen molar-refractivity contribution in [2.45, 2.75) is 23.8 Å². The van der Waals surface area contributed by atoms with Crippen LogP contribution >= 0.6 is 0 Å². The second kappa shape index (κ2) is 12.6. The van der Waals surface area contributed by atoms with Crippen LogP contribution in [0.5, 0.6) is 11.5 Å². The maximum atomic E-state index is 13.8. The van der Waals surface area contributed by atoms with Gasteiger partial charge in [0.15, 0.2) is 0 Å². The molecule has 0 radical (unpaired) electrons. The minimum absolute atomic E-state index is 0.0452. The molecule has 3 aromatic rings. The van der Waals surface area contributed by atoms with Gasteiger partial charge >= 0.3 is 0 Å². The number of hydrogen-bond acceptors (Lipinski definition) is 7. The lowest BCUT2D eigenvalue weighted by Crippen LogP contribution is -2.51. The van der Waals surface area contributed by atoms with Gasteiger partial charge in [-0.05, 0) is 67.4 Å². The van der Waals surface area contributed by atoms with E-state index in [2.05, 4.69) is 4.72 Å². The predicted molar refractivity (Wildman–Crippen MR) is 157 cm³/mol. The molecule has 0 aliphatic carbocycles. The molecule has 9 nitrogen and oxygen atoms in total. The van der Waals surface area contributed by atoms with Crippen molar-refractivity contribution in [1.82, 2.24) is 14.5 Å². The van der Waals surface area contributed by atoms with Crippen molar-refractivity contribution >= 4 is 15.9 Å². The van der Waals surface area contributed by atoms with Crippen molar-refractivity contribution in [2.75, 3.05) is 53.5 Å². The molecule has 1 unspecified atom stereocenters. The SMILES string of the molecule is COc1cccc(-c2ccc3c(c2)OCC2(CCN(C(=O)c4cc(F)cc(F)c4)CC2)CN(C)CC(O)CNS3(=O)=O)c1. The Morgan fingerprint density at radius 2 is 1.74 bits per heavy atom. The predicted octanol–water partition coefficient (Wildman–Crippen LogP) is 3.53. The molecule has 1 spiro atoms. The highest BCUT2D eigenvalue weighted by Gasteiger charge is 2.39. The smallest absolute Gasteiger partial charge is 0.254 e. The number of carbonyl (C=O) groups excluding carboxylic acids is 1. The number of ether oxygens (including phenoxy) is 2. The van der Waals surface area contributed by atoms with E-state index in [1.807, 2.05) is 36.2 Å². The number of nitrogens with one attached hydrogen (secondary N) is 1. The summed E-state index contributed by atoms with van der Waals surface area (Å²) in [6.45, 7) is 1.33. The number of aliphatic hydroxyl groups excluding tert-OH is 1. The largest absolute Gasteiger partial charge is 0.497 e. The Kier molecular flexibility index (Phi) is 9.02. The molecule has 43 heavy (non-hydrogen) atoms. The number of amides is 1. The molecule has 12 heteroatoms. The van der Waals surface area contributed by atoms with Crippen molar-refractivity contribution in [3.05, 3.63) is 77.9 Å². The van der Waals surface area contributed by atoms with Crippen LogP contribution in [0.15, 0.2) is 65.6 Å². The van der Waals surface area contributed by atoms with Gasteiger partial charge in [-0.1, -0.05) is 18.2 Å². The van der Waals surface area contributed by atoms with Crippen molar-refractivity contribution in [2.24, 2.45) is 5.41 Å². The lowest BCUT2D eigenvalue weighted by atomic mass is 9.78. The van der Waals surface area contributed by atoms with E-state index >= 15 is 0 Å². The summed E-state index contributed by atoms with van der Waals surface area (Å²) in [4.78, 5) is 16.5. The molecule has 0 bridgehead atoms. The number of likely N-dealkylation sites (N-methyl/N-ethyl adjacent to an activating group) is 1. The number of piperidine rings is 1. The fourth-order valence-corrected chi connectivity index (χ4v) is 6.99. The normalized spacial score (nSPS) is 20.8. The Labute approximate surface area is 250 Å². The molecule has 2 aliphatic rings. The van der Waals surface area contributed by atoms with Crippen LogP contribution in [0, 0.1) is 17.0 Å². The van der Waals surface area contributed by atoms with E-state index < -0.39 is 39.1 Å². The summed E-state index contributed by atoms with van der Waals surface area (Å²) in [5.41, 5.74) is 0.986. The summed E-state index contributed by atoms with van der Waals surface area (Å²) < 4.78 is 68.4. The van der Waals surface area contributed by atoms with Gasteiger partial charge in [-0.25, -0.2) is 21.9 Å². The van der Waals surface area contributed by atoms with E-state index in [0.717, 1.165) is 29.3 Å². The number of hydrogen-bond donors (Lipinski definition) is 2. The average Bonchev–Trinajstić information content (AvgIpc) is 2.98. The van der Waals surface area contributed by atoms with Gasteiger partial charge in [0.25, 0.3) is 5.91 Å². The van der Waals surface area contributed by atoms with Gasteiger partial charge in [0.1, 0.15) is 28.0 Å². The third-order valence-electron chi connectivity index (χ3n) is 8.03. The Hall–Kier alpha value is -3.58.